The molecule has 17 heavy (non-hydrogen) atoms. The Morgan fingerprint density at radius 3 is 2.59 bits per heavy atom. The second-order valence-electron chi connectivity index (χ2n) is 5.59. The van der Waals surface area contributed by atoms with Gasteiger partial charge in [0, 0.05) is 29.2 Å². The SMILES string of the molecule is CNC(C)(C)Cn1cc(C)c2cc(C)ccc21. The van der Waals surface area contributed by atoms with E-state index in [0.29, 0.717) is 0 Å². The molecule has 1 heterocycles. The molecule has 1 aromatic heterocycles. The zero-order valence-corrected chi connectivity index (χ0v) is 11.5. The second kappa shape index (κ2) is 4.19. The third-order valence-corrected chi connectivity index (χ3v) is 3.48. The molecule has 0 aliphatic heterocycles. The highest BCUT2D eigenvalue weighted by Crippen LogP contribution is 2.23. The first-order chi connectivity index (χ1) is 7.93. The minimum Gasteiger partial charge on any atom is -0.345 e. The van der Waals surface area contributed by atoms with E-state index in [4.69, 9.17) is 0 Å². The summed E-state index contributed by atoms with van der Waals surface area (Å²) in [7, 11) is 2.02. The third-order valence-electron chi connectivity index (χ3n) is 3.48. The van der Waals surface area contributed by atoms with Gasteiger partial charge in [-0.05, 0) is 52.4 Å². The van der Waals surface area contributed by atoms with Crippen LogP contribution in [0.3, 0.4) is 0 Å². The fourth-order valence-electron chi connectivity index (χ4n) is 2.22. The van der Waals surface area contributed by atoms with Gasteiger partial charge in [-0.2, -0.15) is 0 Å². The predicted octanol–water partition coefficient (Wildman–Crippen LogP) is 3.26. The Hall–Kier alpha value is -1.28. The summed E-state index contributed by atoms with van der Waals surface area (Å²) < 4.78 is 2.35. The van der Waals surface area contributed by atoms with Gasteiger partial charge in [0.15, 0.2) is 0 Å². The first-order valence-corrected chi connectivity index (χ1v) is 6.18. The van der Waals surface area contributed by atoms with Gasteiger partial charge in [0.2, 0.25) is 0 Å². The standard InChI is InChI=1S/C15H22N2/c1-11-6-7-14-13(8-11)12(2)9-17(14)10-15(3,4)16-5/h6-9,16H,10H2,1-5H3. The highest BCUT2D eigenvalue weighted by Gasteiger charge is 2.17. The Morgan fingerprint density at radius 1 is 1.24 bits per heavy atom. The summed E-state index contributed by atoms with van der Waals surface area (Å²) in [6.45, 7) is 9.76. The van der Waals surface area contributed by atoms with E-state index in [1.165, 1.54) is 22.0 Å². The van der Waals surface area contributed by atoms with Crippen molar-refractivity contribution >= 4 is 10.9 Å². The second-order valence-corrected chi connectivity index (χ2v) is 5.59. The van der Waals surface area contributed by atoms with E-state index >= 15 is 0 Å². The van der Waals surface area contributed by atoms with E-state index in [9.17, 15) is 0 Å². The summed E-state index contributed by atoms with van der Waals surface area (Å²) in [4.78, 5) is 0. The quantitative estimate of drug-likeness (QED) is 0.856. The van der Waals surface area contributed by atoms with Crippen LogP contribution in [0.15, 0.2) is 24.4 Å². The molecule has 0 aliphatic carbocycles. The van der Waals surface area contributed by atoms with Crippen LogP contribution < -0.4 is 5.32 Å². The first kappa shape index (κ1) is 12.2. The number of hydrogen-bond acceptors (Lipinski definition) is 1. The molecule has 0 aliphatic rings. The smallest absolute Gasteiger partial charge is 0.0483 e. The lowest BCUT2D eigenvalue weighted by Crippen LogP contribution is -2.40. The van der Waals surface area contributed by atoms with Crippen molar-refractivity contribution in [2.24, 2.45) is 0 Å². The number of likely N-dealkylation sites (N-methyl/N-ethyl adjacent to an activating group) is 1. The van der Waals surface area contributed by atoms with Crippen molar-refractivity contribution < 1.29 is 0 Å². The van der Waals surface area contributed by atoms with Crippen LogP contribution in [0, 0.1) is 13.8 Å². The van der Waals surface area contributed by atoms with Crippen molar-refractivity contribution in [3.63, 3.8) is 0 Å². The number of nitrogens with zero attached hydrogens (tertiary/aromatic N) is 1. The Balaban J connectivity index is 2.49. The average Bonchev–Trinajstić information content (AvgIpc) is 2.55. The largest absolute Gasteiger partial charge is 0.345 e. The number of hydrogen-bond donors (Lipinski definition) is 1. The number of nitrogens with one attached hydrogen (secondary N) is 1. The molecule has 0 radical (unpaired) electrons. The summed E-state index contributed by atoms with van der Waals surface area (Å²) in [6.07, 6.45) is 2.25. The van der Waals surface area contributed by atoms with Crippen molar-refractivity contribution in [2.75, 3.05) is 7.05 Å². The Morgan fingerprint density at radius 2 is 1.94 bits per heavy atom. The van der Waals surface area contributed by atoms with Crippen LogP contribution in [0.5, 0.6) is 0 Å². The molecule has 0 bridgehead atoms. The molecule has 92 valence electrons. The molecule has 0 saturated carbocycles. The van der Waals surface area contributed by atoms with Crippen molar-refractivity contribution in [1.82, 2.24) is 9.88 Å². The lowest BCUT2D eigenvalue weighted by atomic mass is 10.1. The summed E-state index contributed by atoms with van der Waals surface area (Å²) in [5.41, 5.74) is 4.13. The fourth-order valence-corrected chi connectivity index (χ4v) is 2.22. The molecule has 0 atom stereocenters. The number of aryl methyl sites for hydroxylation is 2. The van der Waals surface area contributed by atoms with Gasteiger partial charge in [-0.3, -0.25) is 0 Å². The van der Waals surface area contributed by atoms with Crippen molar-refractivity contribution in [2.45, 2.75) is 39.8 Å². The van der Waals surface area contributed by atoms with Crippen LogP contribution in [0.4, 0.5) is 0 Å². The number of fused-ring (bicyclic) bond motifs is 1. The topological polar surface area (TPSA) is 17.0 Å². The Labute approximate surface area is 104 Å². The molecule has 0 saturated heterocycles. The van der Waals surface area contributed by atoms with E-state index in [2.05, 4.69) is 62.0 Å². The number of rotatable bonds is 3. The van der Waals surface area contributed by atoms with E-state index in [-0.39, 0.29) is 5.54 Å². The first-order valence-electron chi connectivity index (χ1n) is 6.18. The summed E-state index contributed by atoms with van der Waals surface area (Å²) >= 11 is 0. The maximum absolute atomic E-state index is 3.35. The van der Waals surface area contributed by atoms with Crippen LogP contribution in [0.1, 0.15) is 25.0 Å². The van der Waals surface area contributed by atoms with Crippen molar-refractivity contribution in [3.8, 4) is 0 Å². The minimum absolute atomic E-state index is 0.114. The van der Waals surface area contributed by atoms with Gasteiger partial charge < -0.3 is 9.88 Å². The molecule has 2 rings (SSSR count). The monoisotopic (exact) mass is 230 g/mol. The van der Waals surface area contributed by atoms with Gasteiger partial charge in [-0.15, -0.1) is 0 Å². The zero-order valence-electron chi connectivity index (χ0n) is 11.5. The molecule has 2 nitrogen and oxygen atoms in total. The third kappa shape index (κ3) is 2.37. The van der Waals surface area contributed by atoms with Gasteiger partial charge in [0.1, 0.15) is 0 Å². The van der Waals surface area contributed by atoms with E-state index in [1.807, 2.05) is 7.05 Å². The van der Waals surface area contributed by atoms with Gasteiger partial charge in [0.05, 0.1) is 0 Å². The minimum atomic E-state index is 0.114. The maximum Gasteiger partial charge on any atom is 0.0483 e. The molecule has 0 fully saturated rings. The van der Waals surface area contributed by atoms with Gasteiger partial charge >= 0.3 is 0 Å². The van der Waals surface area contributed by atoms with Crippen LogP contribution in [0.2, 0.25) is 0 Å². The molecular formula is C15H22N2. The molecule has 2 heteroatoms. The molecule has 0 unspecified atom stereocenters. The predicted molar refractivity (Wildman–Crippen MR) is 74.6 cm³/mol. The molecule has 2 aromatic rings. The zero-order chi connectivity index (χ0) is 12.6. The average molecular weight is 230 g/mol. The normalized spacial score (nSPS) is 12.3. The maximum atomic E-state index is 3.35. The fraction of sp³-hybridized carbons (Fsp3) is 0.467. The Kier molecular flexibility index (Phi) is 3.00. The van der Waals surface area contributed by atoms with Gasteiger partial charge in [0.25, 0.3) is 0 Å². The molecule has 1 N–H and O–H groups in total. The lowest BCUT2D eigenvalue weighted by molar-refractivity contribution is 0.368. The van der Waals surface area contributed by atoms with Crippen molar-refractivity contribution in [3.05, 3.63) is 35.5 Å². The van der Waals surface area contributed by atoms with E-state index < -0.39 is 0 Å². The molecule has 0 amide bonds. The molecular weight excluding hydrogens is 208 g/mol. The van der Waals surface area contributed by atoms with Gasteiger partial charge in [-0.1, -0.05) is 11.6 Å². The van der Waals surface area contributed by atoms with E-state index in [1.54, 1.807) is 0 Å². The van der Waals surface area contributed by atoms with Crippen LogP contribution in [-0.4, -0.2) is 17.2 Å². The highest BCUT2D eigenvalue weighted by molar-refractivity contribution is 5.84. The van der Waals surface area contributed by atoms with Crippen LogP contribution in [0.25, 0.3) is 10.9 Å². The number of aromatic nitrogens is 1. The molecule has 0 spiro atoms. The lowest BCUT2D eigenvalue weighted by Gasteiger charge is -2.25. The van der Waals surface area contributed by atoms with Crippen LogP contribution >= 0.6 is 0 Å². The van der Waals surface area contributed by atoms with Gasteiger partial charge in [-0.25, -0.2) is 0 Å². The van der Waals surface area contributed by atoms with Crippen molar-refractivity contribution in [1.29, 1.82) is 0 Å². The Bertz CT molecular complexity index is 535. The van der Waals surface area contributed by atoms with Crippen LogP contribution in [-0.2, 0) is 6.54 Å². The number of benzene rings is 1. The summed E-state index contributed by atoms with van der Waals surface area (Å²) in [5, 5.41) is 4.73. The van der Waals surface area contributed by atoms with E-state index in [0.717, 1.165) is 6.54 Å². The highest BCUT2D eigenvalue weighted by atomic mass is 15.0. The molecule has 1 aromatic carbocycles. The summed E-state index contributed by atoms with van der Waals surface area (Å²) in [6, 6.07) is 6.68. The summed E-state index contributed by atoms with van der Waals surface area (Å²) in [5.74, 6) is 0.